The summed E-state index contributed by atoms with van der Waals surface area (Å²) in [6.45, 7) is 8.51. The third-order valence-corrected chi connectivity index (χ3v) is 4.55. The van der Waals surface area contributed by atoms with Crippen molar-refractivity contribution >= 4 is 0 Å². The van der Waals surface area contributed by atoms with E-state index in [4.69, 9.17) is 10.5 Å². The lowest BCUT2D eigenvalue weighted by Gasteiger charge is -2.50. The van der Waals surface area contributed by atoms with Crippen LogP contribution in [0.25, 0.3) is 0 Å². The summed E-state index contributed by atoms with van der Waals surface area (Å²) in [5, 5.41) is 0. The molecule has 0 saturated carbocycles. The van der Waals surface area contributed by atoms with Crippen molar-refractivity contribution in [2.24, 2.45) is 5.73 Å². The molecule has 1 aliphatic heterocycles. The van der Waals surface area contributed by atoms with Crippen molar-refractivity contribution in [1.29, 1.82) is 0 Å². The maximum absolute atomic E-state index is 6.05. The van der Waals surface area contributed by atoms with Crippen LogP contribution in [-0.2, 0) is 4.74 Å². The molecule has 17 heavy (non-hydrogen) atoms. The Hall–Kier alpha value is -0.120. The van der Waals surface area contributed by atoms with Gasteiger partial charge in [-0.1, -0.05) is 19.8 Å². The van der Waals surface area contributed by atoms with Crippen molar-refractivity contribution in [1.82, 2.24) is 4.90 Å². The Kier molecular flexibility index (Phi) is 5.90. The predicted molar refractivity (Wildman–Crippen MR) is 73.2 cm³/mol. The van der Waals surface area contributed by atoms with E-state index in [2.05, 4.69) is 25.7 Å². The number of ether oxygens (including phenoxy) is 1. The van der Waals surface area contributed by atoms with E-state index in [1.165, 1.54) is 38.6 Å². The molecule has 0 aliphatic carbocycles. The molecule has 1 aliphatic rings. The zero-order chi connectivity index (χ0) is 12.9. The van der Waals surface area contributed by atoms with Crippen LogP contribution in [0.1, 0.15) is 52.9 Å². The van der Waals surface area contributed by atoms with Crippen LogP contribution in [0.5, 0.6) is 0 Å². The predicted octanol–water partition coefficient (Wildman–Crippen LogP) is 2.39. The lowest BCUT2D eigenvalue weighted by molar-refractivity contribution is -0.0637. The van der Waals surface area contributed by atoms with E-state index >= 15 is 0 Å². The molecular weight excluding hydrogens is 212 g/mol. The maximum atomic E-state index is 6.05. The quantitative estimate of drug-likeness (QED) is 0.777. The van der Waals surface area contributed by atoms with Crippen LogP contribution in [0.15, 0.2) is 0 Å². The van der Waals surface area contributed by atoms with Gasteiger partial charge in [-0.25, -0.2) is 0 Å². The first kappa shape index (κ1) is 14.9. The smallest absolute Gasteiger partial charge is 0.0736 e. The second-order valence-corrected chi connectivity index (χ2v) is 5.57. The molecular formula is C14H30N2O. The fourth-order valence-electron chi connectivity index (χ4n) is 3.08. The number of nitrogens with zero attached hydrogens (tertiary/aromatic N) is 1. The van der Waals surface area contributed by atoms with Gasteiger partial charge in [-0.2, -0.15) is 0 Å². The molecule has 0 spiro atoms. The molecule has 3 heteroatoms. The first-order valence-corrected chi connectivity index (χ1v) is 7.09. The molecule has 0 bridgehead atoms. The average molecular weight is 242 g/mol. The highest BCUT2D eigenvalue weighted by Gasteiger charge is 2.40. The normalized spacial score (nSPS) is 27.7. The molecule has 0 aromatic carbocycles. The van der Waals surface area contributed by atoms with Crippen LogP contribution < -0.4 is 5.73 Å². The largest absolute Gasteiger partial charge is 0.380 e. The standard InChI is InChI=1S/C14H30N2O/c1-5-8-13-9-6-7-10-16(13)14(3,11-15)12(2)17-4/h12-13H,5-11,15H2,1-4H3. The SMILES string of the molecule is CCCC1CCCCN1C(C)(CN)C(C)OC. The van der Waals surface area contributed by atoms with E-state index in [1.807, 2.05) is 0 Å². The Morgan fingerprint density at radius 2 is 2.18 bits per heavy atom. The number of hydrogen-bond acceptors (Lipinski definition) is 3. The Bertz CT molecular complexity index is 220. The number of nitrogens with two attached hydrogens (primary N) is 1. The van der Waals surface area contributed by atoms with Crippen molar-refractivity contribution in [2.45, 2.75) is 70.6 Å². The Morgan fingerprint density at radius 1 is 1.47 bits per heavy atom. The summed E-state index contributed by atoms with van der Waals surface area (Å²) in [7, 11) is 1.79. The summed E-state index contributed by atoms with van der Waals surface area (Å²) in [4.78, 5) is 2.62. The molecule has 3 unspecified atom stereocenters. The van der Waals surface area contributed by atoms with Crippen molar-refractivity contribution in [3.05, 3.63) is 0 Å². The number of methoxy groups -OCH3 is 1. The minimum Gasteiger partial charge on any atom is -0.380 e. The van der Waals surface area contributed by atoms with E-state index in [1.54, 1.807) is 7.11 Å². The van der Waals surface area contributed by atoms with Gasteiger partial charge in [0.05, 0.1) is 11.6 Å². The first-order valence-electron chi connectivity index (χ1n) is 7.09. The van der Waals surface area contributed by atoms with Gasteiger partial charge >= 0.3 is 0 Å². The van der Waals surface area contributed by atoms with Gasteiger partial charge < -0.3 is 10.5 Å². The fourth-order valence-corrected chi connectivity index (χ4v) is 3.08. The number of likely N-dealkylation sites (tertiary alicyclic amines) is 1. The van der Waals surface area contributed by atoms with Crippen molar-refractivity contribution in [2.75, 3.05) is 20.2 Å². The van der Waals surface area contributed by atoms with Gasteiger partial charge in [-0.15, -0.1) is 0 Å². The minimum absolute atomic E-state index is 0.0188. The maximum Gasteiger partial charge on any atom is 0.0736 e. The average Bonchev–Trinajstić information content (AvgIpc) is 2.38. The molecule has 0 aromatic rings. The topological polar surface area (TPSA) is 38.5 Å². The molecule has 2 N–H and O–H groups in total. The van der Waals surface area contributed by atoms with E-state index in [0.717, 1.165) is 0 Å². The zero-order valence-electron chi connectivity index (χ0n) is 12.0. The lowest BCUT2D eigenvalue weighted by atomic mass is 9.86. The third kappa shape index (κ3) is 3.21. The van der Waals surface area contributed by atoms with Crippen molar-refractivity contribution < 1.29 is 4.74 Å². The van der Waals surface area contributed by atoms with Gasteiger partial charge in [0.15, 0.2) is 0 Å². The molecule has 1 rings (SSSR count). The second kappa shape index (κ2) is 6.72. The molecule has 0 radical (unpaired) electrons. The molecule has 1 heterocycles. The van der Waals surface area contributed by atoms with Crippen LogP contribution in [-0.4, -0.2) is 42.8 Å². The van der Waals surface area contributed by atoms with E-state index in [0.29, 0.717) is 12.6 Å². The van der Waals surface area contributed by atoms with Crippen molar-refractivity contribution in [3.63, 3.8) is 0 Å². The van der Waals surface area contributed by atoms with Gasteiger partial charge in [0.1, 0.15) is 0 Å². The number of hydrogen-bond donors (Lipinski definition) is 1. The van der Waals surface area contributed by atoms with Crippen LogP contribution in [0.2, 0.25) is 0 Å². The highest BCUT2D eigenvalue weighted by Crippen LogP contribution is 2.31. The summed E-state index contributed by atoms with van der Waals surface area (Å²) in [5.74, 6) is 0. The van der Waals surface area contributed by atoms with E-state index in [9.17, 15) is 0 Å². The molecule has 0 amide bonds. The van der Waals surface area contributed by atoms with Gasteiger partial charge in [0.25, 0.3) is 0 Å². The highest BCUT2D eigenvalue weighted by molar-refractivity contribution is 4.97. The Balaban J connectivity index is 2.82. The fraction of sp³-hybridized carbons (Fsp3) is 1.00. The monoisotopic (exact) mass is 242 g/mol. The number of rotatable bonds is 6. The summed E-state index contributed by atoms with van der Waals surface area (Å²) >= 11 is 0. The van der Waals surface area contributed by atoms with Gasteiger partial charge in [-0.3, -0.25) is 4.90 Å². The summed E-state index contributed by atoms with van der Waals surface area (Å²) < 4.78 is 5.56. The van der Waals surface area contributed by atoms with E-state index < -0.39 is 0 Å². The van der Waals surface area contributed by atoms with Crippen LogP contribution in [0.3, 0.4) is 0 Å². The molecule has 102 valence electrons. The molecule has 3 nitrogen and oxygen atoms in total. The summed E-state index contributed by atoms with van der Waals surface area (Å²) in [6.07, 6.45) is 6.70. The van der Waals surface area contributed by atoms with Gasteiger partial charge in [0, 0.05) is 19.7 Å². The van der Waals surface area contributed by atoms with Gasteiger partial charge in [-0.05, 0) is 39.7 Å². The first-order chi connectivity index (χ1) is 8.10. The Labute approximate surface area is 107 Å². The van der Waals surface area contributed by atoms with Gasteiger partial charge in [0.2, 0.25) is 0 Å². The van der Waals surface area contributed by atoms with Crippen LogP contribution in [0, 0.1) is 0 Å². The summed E-state index contributed by atoms with van der Waals surface area (Å²) in [5.41, 5.74) is 6.03. The second-order valence-electron chi connectivity index (χ2n) is 5.57. The number of piperidine rings is 1. The highest BCUT2D eigenvalue weighted by atomic mass is 16.5. The van der Waals surface area contributed by atoms with Crippen LogP contribution in [0.4, 0.5) is 0 Å². The minimum atomic E-state index is -0.0188. The third-order valence-electron chi connectivity index (χ3n) is 4.55. The zero-order valence-corrected chi connectivity index (χ0v) is 12.0. The molecule has 3 atom stereocenters. The van der Waals surface area contributed by atoms with E-state index in [-0.39, 0.29) is 11.6 Å². The lowest BCUT2D eigenvalue weighted by Crippen LogP contribution is -2.63. The Morgan fingerprint density at radius 3 is 2.71 bits per heavy atom. The molecule has 1 saturated heterocycles. The van der Waals surface area contributed by atoms with Crippen molar-refractivity contribution in [3.8, 4) is 0 Å². The molecule has 1 fully saturated rings. The van der Waals surface area contributed by atoms with Crippen LogP contribution >= 0.6 is 0 Å². The molecule has 0 aromatic heterocycles. The summed E-state index contributed by atoms with van der Waals surface area (Å²) in [6, 6.07) is 0.694.